The highest BCUT2D eigenvalue weighted by Gasteiger charge is 1.90. The van der Waals surface area contributed by atoms with Crippen molar-refractivity contribution in [2.75, 3.05) is 11.9 Å². The van der Waals surface area contributed by atoms with Gasteiger partial charge in [-0.25, -0.2) is 4.39 Å². The second-order valence-corrected chi connectivity index (χ2v) is 2.05. The van der Waals surface area contributed by atoms with Gasteiger partial charge in [-0.1, -0.05) is 0 Å². The number of carbonyl (C=O) groups excluding carboxylic acids is 1. The van der Waals surface area contributed by atoms with Crippen LogP contribution in [0.3, 0.4) is 0 Å². The van der Waals surface area contributed by atoms with Crippen molar-refractivity contribution in [1.82, 2.24) is 0 Å². The lowest BCUT2D eigenvalue weighted by atomic mass is 10.3. The molecule has 58 valence electrons. The van der Waals surface area contributed by atoms with E-state index in [-0.39, 0.29) is 12.4 Å². The molecule has 0 aliphatic rings. The average Bonchev–Trinajstić information content (AvgIpc) is 2.04. The van der Waals surface area contributed by atoms with Gasteiger partial charge in [-0.05, 0) is 24.3 Å². The van der Waals surface area contributed by atoms with Crippen molar-refractivity contribution in [3.8, 4) is 0 Å². The van der Waals surface area contributed by atoms with E-state index in [0.717, 1.165) is 12.0 Å². The molecule has 1 N–H and O–H groups in total. The molecule has 0 bridgehead atoms. The first kappa shape index (κ1) is 7.72. The van der Waals surface area contributed by atoms with Crippen LogP contribution < -0.4 is 5.32 Å². The lowest BCUT2D eigenvalue weighted by Gasteiger charge is -1.99. The lowest BCUT2D eigenvalue weighted by Crippen LogP contribution is -2.01. The fourth-order valence-electron chi connectivity index (χ4n) is 0.727. The molecule has 0 heterocycles. The van der Waals surface area contributed by atoms with Gasteiger partial charge in [-0.2, -0.15) is 0 Å². The fourth-order valence-corrected chi connectivity index (χ4v) is 0.727. The molecule has 0 saturated carbocycles. The van der Waals surface area contributed by atoms with E-state index in [1.165, 1.54) is 12.1 Å². The number of nitrogens with one attached hydrogen (secondary N) is 1. The summed E-state index contributed by atoms with van der Waals surface area (Å²) in [6, 6.07) is 5.85. The van der Waals surface area contributed by atoms with Gasteiger partial charge >= 0.3 is 0 Å². The SMILES string of the molecule is O=CCNc1ccc(F)cc1. The number of benzene rings is 1. The van der Waals surface area contributed by atoms with Crippen LogP contribution in [0, 0.1) is 5.82 Å². The van der Waals surface area contributed by atoms with Crippen LogP contribution in [-0.4, -0.2) is 12.8 Å². The minimum Gasteiger partial charge on any atom is -0.378 e. The zero-order valence-corrected chi connectivity index (χ0v) is 5.88. The number of hydrogen-bond acceptors (Lipinski definition) is 2. The Kier molecular flexibility index (Phi) is 2.60. The number of hydrogen-bond donors (Lipinski definition) is 1. The molecular weight excluding hydrogens is 145 g/mol. The van der Waals surface area contributed by atoms with Crippen LogP contribution >= 0.6 is 0 Å². The molecule has 0 saturated heterocycles. The van der Waals surface area contributed by atoms with Crippen LogP contribution in [0.5, 0.6) is 0 Å². The first-order valence-corrected chi connectivity index (χ1v) is 3.26. The van der Waals surface area contributed by atoms with Gasteiger partial charge in [0, 0.05) is 5.69 Å². The molecule has 1 aromatic rings. The maximum atomic E-state index is 12.3. The molecule has 0 atom stereocenters. The Morgan fingerprint density at radius 3 is 2.55 bits per heavy atom. The zero-order chi connectivity index (χ0) is 8.10. The third kappa shape index (κ3) is 2.37. The van der Waals surface area contributed by atoms with Crippen LogP contribution in [0.2, 0.25) is 0 Å². The third-order valence-electron chi connectivity index (χ3n) is 1.23. The molecule has 0 fully saturated rings. The summed E-state index contributed by atoms with van der Waals surface area (Å²) in [5.74, 6) is -0.276. The molecule has 0 unspecified atom stereocenters. The summed E-state index contributed by atoms with van der Waals surface area (Å²) in [6.07, 6.45) is 0.753. The van der Waals surface area contributed by atoms with E-state index in [2.05, 4.69) is 5.32 Å². The Hall–Kier alpha value is -1.38. The van der Waals surface area contributed by atoms with Crippen molar-refractivity contribution >= 4 is 12.0 Å². The first-order valence-electron chi connectivity index (χ1n) is 3.26. The quantitative estimate of drug-likeness (QED) is 0.665. The summed E-state index contributed by atoms with van der Waals surface area (Å²) in [5.41, 5.74) is 0.749. The van der Waals surface area contributed by atoms with Gasteiger partial charge in [0.2, 0.25) is 0 Å². The summed E-state index contributed by atoms with van der Waals surface area (Å²) < 4.78 is 12.3. The van der Waals surface area contributed by atoms with Crippen molar-refractivity contribution < 1.29 is 9.18 Å². The van der Waals surface area contributed by atoms with Crippen LogP contribution in [0.25, 0.3) is 0 Å². The standard InChI is InChI=1S/C8H8FNO/c9-7-1-3-8(4-2-7)10-5-6-11/h1-4,6,10H,5H2. The molecule has 0 aliphatic heterocycles. The maximum Gasteiger partial charge on any atom is 0.139 e. The average molecular weight is 153 g/mol. The molecule has 2 nitrogen and oxygen atoms in total. The molecule has 0 aliphatic carbocycles. The van der Waals surface area contributed by atoms with Crippen molar-refractivity contribution in [2.45, 2.75) is 0 Å². The third-order valence-corrected chi connectivity index (χ3v) is 1.23. The van der Waals surface area contributed by atoms with E-state index in [1.807, 2.05) is 0 Å². The summed E-state index contributed by atoms with van der Waals surface area (Å²) >= 11 is 0. The van der Waals surface area contributed by atoms with Gasteiger partial charge in [0.1, 0.15) is 12.1 Å². The second-order valence-electron chi connectivity index (χ2n) is 2.05. The summed E-state index contributed by atoms with van der Waals surface area (Å²) in [4.78, 5) is 9.91. The van der Waals surface area contributed by atoms with E-state index in [1.54, 1.807) is 12.1 Å². The fraction of sp³-hybridized carbons (Fsp3) is 0.125. The van der Waals surface area contributed by atoms with Crippen molar-refractivity contribution in [3.05, 3.63) is 30.1 Å². The van der Waals surface area contributed by atoms with Crippen LogP contribution in [0.15, 0.2) is 24.3 Å². The Labute approximate surface area is 64.0 Å². The number of halogens is 1. The second kappa shape index (κ2) is 3.71. The van der Waals surface area contributed by atoms with Gasteiger partial charge in [-0.3, -0.25) is 0 Å². The Morgan fingerprint density at radius 1 is 1.36 bits per heavy atom. The molecule has 0 spiro atoms. The highest BCUT2D eigenvalue weighted by Crippen LogP contribution is 2.06. The largest absolute Gasteiger partial charge is 0.378 e. The molecule has 3 heteroatoms. The number of carbonyl (C=O) groups is 1. The molecule has 1 aromatic carbocycles. The van der Waals surface area contributed by atoms with E-state index >= 15 is 0 Å². The number of rotatable bonds is 3. The first-order chi connectivity index (χ1) is 5.33. The van der Waals surface area contributed by atoms with Gasteiger partial charge < -0.3 is 10.1 Å². The summed E-state index contributed by atoms with van der Waals surface area (Å²) in [5, 5.41) is 2.79. The normalized spacial score (nSPS) is 9.18. The highest BCUT2D eigenvalue weighted by molar-refractivity contribution is 5.59. The zero-order valence-electron chi connectivity index (χ0n) is 5.88. The lowest BCUT2D eigenvalue weighted by molar-refractivity contribution is -0.106. The Balaban J connectivity index is 2.58. The smallest absolute Gasteiger partial charge is 0.139 e. The van der Waals surface area contributed by atoms with E-state index in [4.69, 9.17) is 0 Å². The van der Waals surface area contributed by atoms with Gasteiger partial charge in [-0.15, -0.1) is 0 Å². The number of anilines is 1. The molecule has 11 heavy (non-hydrogen) atoms. The van der Waals surface area contributed by atoms with Gasteiger partial charge in [0.05, 0.1) is 6.54 Å². The maximum absolute atomic E-state index is 12.3. The van der Waals surface area contributed by atoms with E-state index in [0.29, 0.717) is 0 Å². The minimum absolute atomic E-state index is 0.256. The van der Waals surface area contributed by atoms with Crippen LogP contribution in [-0.2, 0) is 4.79 Å². The molecule has 0 radical (unpaired) electrons. The van der Waals surface area contributed by atoms with Gasteiger partial charge in [0.25, 0.3) is 0 Å². The van der Waals surface area contributed by atoms with Crippen LogP contribution in [0.1, 0.15) is 0 Å². The monoisotopic (exact) mass is 153 g/mol. The predicted octanol–water partition coefficient (Wildman–Crippen LogP) is 1.44. The molecule has 1 rings (SSSR count). The summed E-state index contributed by atoms with van der Waals surface area (Å²) in [6.45, 7) is 0.256. The number of aldehydes is 1. The topological polar surface area (TPSA) is 29.1 Å². The predicted molar refractivity (Wildman–Crippen MR) is 41.0 cm³/mol. The Morgan fingerprint density at radius 2 is 2.00 bits per heavy atom. The summed E-state index contributed by atoms with van der Waals surface area (Å²) in [7, 11) is 0. The molecule has 0 aromatic heterocycles. The van der Waals surface area contributed by atoms with E-state index < -0.39 is 0 Å². The van der Waals surface area contributed by atoms with E-state index in [9.17, 15) is 9.18 Å². The molecular formula is C8H8FNO. The highest BCUT2D eigenvalue weighted by atomic mass is 19.1. The Bertz CT molecular complexity index is 232. The minimum atomic E-state index is -0.276. The van der Waals surface area contributed by atoms with Crippen molar-refractivity contribution in [3.63, 3.8) is 0 Å². The van der Waals surface area contributed by atoms with Crippen molar-refractivity contribution in [1.29, 1.82) is 0 Å². The van der Waals surface area contributed by atoms with Crippen LogP contribution in [0.4, 0.5) is 10.1 Å². The van der Waals surface area contributed by atoms with Crippen molar-refractivity contribution in [2.24, 2.45) is 0 Å². The molecule has 0 amide bonds. The van der Waals surface area contributed by atoms with Gasteiger partial charge in [0.15, 0.2) is 0 Å².